The summed E-state index contributed by atoms with van der Waals surface area (Å²) in [5.74, 6) is 0.780. The molecular formula is C17H22N2O4. The van der Waals surface area contributed by atoms with E-state index in [0.717, 1.165) is 18.4 Å². The van der Waals surface area contributed by atoms with Crippen molar-refractivity contribution in [1.82, 2.24) is 5.32 Å². The van der Waals surface area contributed by atoms with E-state index in [4.69, 9.17) is 15.2 Å². The molecule has 2 amide bonds. The molecule has 0 fully saturated rings. The topological polar surface area (TPSA) is 90.7 Å². The van der Waals surface area contributed by atoms with Crippen molar-refractivity contribution in [2.75, 3.05) is 13.7 Å². The normalized spacial score (nSPS) is 16.1. The Bertz CT molecular complexity index is 598. The number of rotatable bonds is 8. The van der Waals surface area contributed by atoms with Gasteiger partial charge in [-0.25, -0.2) is 0 Å². The van der Waals surface area contributed by atoms with E-state index in [-0.39, 0.29) is 12.5 Å². The Morgan fingerprint density at radius 2 is 2.17 bits per heavy atom. The van der Waals surface area contributed by atoms with Crippen molar-refractivity contribution in [2.45, 2.75) is 25.8 Å². The van der Waals surface area contributed by atoms with Crippen LogP contribution in [0, 0.1) is 5.92 Å². The highest BCUT2D eigenvalue weighted by molar-refractivity contribution is 5.76. The van der Waals surface area contributed by atoms with E-state index >= 15 is 0 Å². The third-order valence-electron chi connectivity index (χ3n) is 3.65. The van der Waals surface area contributed by atoms with Gasteiger partial charge >= 0.3 is 0 Å². The largest absolute Gasteiger partial charge is 0.493 e. The minimum Gasteiger partial charge on any atom is -0.493 e. The first-order valence-corrected chi connectivity index (χ1v) is 7.60. The van der Waals surface area contributed by atoms with Crippen LogP contribution in [-0.4, -0.2) is 25.5 Å². The summed E-state index contributed by atoms with van der Waals surface area (Å²) >= 11 is 0. The molecule has 6 heteroatoms. The molecule has 0 bridgehead atoms. The van der Waals surface area contributed by atoms with E-state index in [1.165, 1.54) is 7.11 Å². The quantitative estimate of drug-likeness (QED) is 0.711. The summed E-state index contributed by atoms with van der Waals surface area (Å²) in [7, 11) is 1.52. The molecular weight excluding hydrogens is 296 g/mol. The van der Waals surface area contributed by atoms with Crippen LogP contribution in [0.25, 0.3) is 0 Å². The van der Waals surface area contributed by atoms with Crippen molar-refractivity contribution in [1.29, 1.82) is 0 Å². The summed E-state index contributed by atoms with van der Waals surface area (Å²) < 4.78 is 10.5. The summed E-state index contributed by atoms with van der Waals surface area (Å²) in [5.41, 5.74) is 5.94. The van der Waals surface area contributed by atoms with E-state index in [1.807, 2.05) is 6.07 Å². The Kier molecular flexibility index (Phi) is 6.02. The Balaban J connectivity index is 1.88. The highest BCUT2D eigenvalue weighted by atomic mass is 16.5. The third kappa shape index (κ3) is 5.32. The van der Waals surface area contributed by atoms with Crippen LogP contribution in [0.4, 0.5) is 0 Å². The van der Waals surface area contributed by atoms with E-state index in [9.17, 15) is 9.59 Å². The van der Waals surface area contributed by atoms with E-state index in [1.54, 1.807) is 12.1 Å². The van der Waals surface area contributed by atoms with Crippen molar-refractivity contribution >= 4 is 11.8 Å². The lowest BCUT2D eigenvalue weighted by Crippen LogP contribution is -2.24. The number of methoxy groups -OCH3 is 1. The lowest BCUT2D eigenvalue weighted by atomic mass is 10.1. The summed E-state index contributed by atoms with van der Waals surface area (Å²) in [6.45, 7) is 0.211. The molecule has 1 aromatic carbocycles. The van der Waals surface area contributed by atoms with Crippen molar-refractivity contribution in [3.05, 3.63) is 35.9 Å². The molecule has 0 aromatic heterocycles. The lowest BCUT2D eigenvalue weighted by Gasteiger charge is -2.12. The number of carbonyl (C=O) groups excluding carboxylic acids is 2. The lowest BCUT2D eigenvalue weighted by molar-refractivity contribution is -0.122. The molecule has 0 saturated carbocycles. The molecule has 0 heterocycles. The minimum absolute atomic E-state index is 0.0366. The Morgan fingerprint density at radius 1 is 1.35 bits per heavy atom. The summed E-state index contributed by atoms with van der Waals surface area (Å²) in [6.07, 6.45) is 6.85. The number of benzene rings is 1. The maximum absolute atomic E-state index is 11.9. The second kappa shape index (κ2) is 8.22. The fourth-order valence-corrected chi connectivity index (χ4v) is 2.47. The number of carbonyl (C=O) groups is 2. The minimum atomic E-state index is -0.552. The maximum Gasteiger partial charge on any atom is 0.255 e. The average Bonchev–Trinajstić information content (AvgIpc) is 3.04. The van der Waals surface area contributed by atoms with Gasteiger partial charge in [0.05, 0.1) is 7.11 Å². The molecule has 0 radical (unpaired) electrons. The van der Waals surface area contributed by atoms with Gasteiger partial charge in [-0.05, 0) is 36.5 Å². The first-order valence-electron chi connectivity index (χ1n) is 7.60. The van der Waals surface area contributed by atoms with E-state index in [2.05, 4.69) is 17.5 Å². The molecule has 3 N–H and O–H groups in total. The molecule has 124 valence electrons. The van der Waals surface area contributed by atoms with Gasteiger partial charge in [0.15, 0.2) is 18.1 Å². The van der Waals surface area contributed by atoms with Crippen LogP contribution in [0.15, 0.2) is 30.4 Å². The van der Waals surface area contributed by atoms with E-state index < -0.39 is 5.91 Å². The monoisotopic (exact) mass is 318 g/mol. The highest BCUT2D eigenvalue weighted by Crippen LogP contribution is 2.28. The molecule has 0 saturated heterocycles. The number of ether oxygens (including phenoxy) is 2. The number of amides is 2. The number of hydrogen-bond donors (Lipinski definition) is 2. The smallest absolute Gasteiger partial charge is 0.255 e. The average molecular weight is 318 g/mol. The van der Waals surface area contributed by atoms with Gasteiger partial charge in [-0.15, -0.1) is 0 Å². The second-order valence-electron chi connectivity index (χ2n) is 5.49. The van der Waals surface area contributed by atoms with Gasteiger partial charge in [-0.2, -0.15) is 0 Å². The molecule has 1 aliphatic rings. The molecule has 1 atom stereocenters. The number of nitrogens with one attached hydrogen (secondary N) is 1. The highest BCUT2D eigenvalue weighted by Gasteiger charge is 2.14. The zero-order valence-corrected chi connectivity index (χ0v) is 13.2. The fraction of sp³-hybridized carbons (Fsp3) is 0.412. The first-order chi connectivity index (χ1) is 11.1. The standard InChI is InChI=1S/C17H22N2O4/c1-22-15-8-13(6-7-14(15)23-11-16(18)20)10-19-17(21)9-12-4-2-3-5-12/h2,4,6-8,12H,3,5,9-11H2,1H3,(H2,18,20)(H,19,21)/t12-/m0/s1. The van der Waals surface area contributed by atoms with Gasteiger partial charge in [-0.3, -0.25) is 9.59 Å². The number of allylic oxidation sites excluding steroid dienone is 2. The van der Waals surface area contributed by atoms with Crippen LogP contribution in [0.2, 0.25) is 0 Å². The van der Waals surface area contributed by atoms with Crippen LogP contribution in [0.1, 0.15) is 24.8 Å². The zero-order chi connectivity index (χ0) is 16.7. The molecule has 1 aromatic rings. The molecule has 1 aliphatic carbocycles. The van der Waals surface area contributed by atoms with Crippen LogP contribution >= 0.6 is 0 Å². The van der Waals surface area contributed by atoms with Gasteiger partial charge in [0.25, 0.3) is 5.91 Å². The van der Waals surface area contributed by atoms with Gasteiger partial charge in [0, 0.05) is 13.0 Å². The molecule has 6 nitrogen and oxygen atoms in total. The van der Waals surface area contributed by atoms with Crippen molar-refractivity contribution in [2.24, 2.45) is 11.7 Å². The Morgan fingerprint density at radius 3 is 2.83 bits per heavy atom. The predicted octanol–water partition coefficient (Wildman–Crippen LogP) is 1.53. The van der Waals surface area contributed by atoms with Gasteiger partial charge < -0.3 is 20.5 Å². The van der Waals surface area contributed by atoms with Crippen molar-refractivity contribution in [3.63, 3.8) is 0 Å². The zero-order valence-electron chi connectivity index (χ0n) is 13.2. The maximum atomic E-state index is 11.9. The summed E-state index contributed by atoms with van der Waals surface area (Å²) in [6, 6.07) is 5.28. The third-order valence-corrected chi connectivity index (χ3v) is 3.65. The van der Waals surface area contributed by atoms with Crippen LogP contribution in [0.5, 0.6) is 11.5 Å². The molecule has 0 unspecified atom stereocenters. The molecule has 0 aliphatic heterocycles. The van der Waals surface area contributed by atoms with Crippen molar-refractivity contribution < 1.29 is 19.1 Å². The van der Waals surface area contributed by atoms with Crippen molar-refractivity contribution in [3.8, 4) is 11.5 Å². The predicted molar refractivity (Wildman–Crippen MR) is 86.0 cm³/mol. The van der Waals surface area contributed by atoms with Gasteiger partial charge in [0.1, 0.15) is 0 Å². The number of primary amides is 1. The number of hydrogen-bond acceptors (Lipinski definition) is 4. The second-order valence-corrected chi connectivity index (χ2v) is 5.49. The van der Waals surface area contributed by atoms with Gasteiger partial charge in [-0.1, -0.05) is 18.2 Å². The molecule has 2 rings (SSSR count). The number of nitrogens with two attached hydrogens (primary N) is 1. The Hall–Kier alpha value is -2.50. The fourth-order valence-electron chi connectivity index (χ4n) is 2.47. The molecule has 0 spiro atoms. The molecule has 23 heavy (non-hydrogen) atoms. The van der Waals surface area contributed by atoms with Gasteiger partial charge in [0.2, 0.25) is 5.91 Å². The van der Waals surface area contributed by atoms with E-state index in [0.29, 0.717) is 30.4 Å². The first kappa shape index (κ1) is 16.9. The SMILES string of the molecule is COc1cc(CNC(=O)C[C@H]2C=CCC2)ccc1OCC(N)=O. The summed E-state index contributed by atoms with van der Waals surface area (Å²) in [4.78, 5) is 22.7. The summed E-state index contributed by atoms with van der Waals surface area (Å²) in [5, 5.41) is 2.90. The Labute approximate surface area is 135 Å². The van der Waals surface area contributed by atoms with Crippen LogP contribution in [0.3, 0.4) is 0 Å². The van der Waals surface area contributed by atoms with Crippen LogP contribution in [-0.2, 0) is 16.1 Å². The van der Waals surface area contributed by atoms with Crippen LogP contribution < -0.4 is 20.5 Å².